The zero-order valence-electron chi connectivity index (χ0n) is 13.7. The van der Waals surface area contributed by atoms with Gasteiger partial charge in [0.1, 0.15) is 6.26 Å². The smallest absolute Gasteiger partial charge is 0.225 e. The first kappa shape index (κ1) is 15.8. The second-order valence-electron chi connectivity index (χ2n) is 6.17. The molecule has 0 unspecified atom stereocenters. The van der Waals surface area contributed by atoms with Gasteiger partial charge in [-0.25, -0.2) is 13.8 Å². The molecule has 0 N–H and O–H groups in total. The zero-order valence-corrected chi connectivity index (χ0v) is 13.7. The van der Waals surface area contributed by atoms with Crippen molar-refractivity contribution in [2.45, 2.75) is 6.54 Å². The summed E-state index contributed by atoms with van der Waals surface area (Å²) in [5.74, 6) is -1.11. The Hall–Kier alpha value is -2.73. The number of oxazole rings is 1. The van der Waals surface area contributed by atoms with Crippen molar-refractivity contribution in [3.8, 4) is 11.5 Å². The number of nitrogens with zero attached hydrogens (tertiary/aromatic N) is 3. The third-order valence-electron chi connectivity index (χ3n) is 4.41. The van der Waals surface area contributed by atoms with Crippen LogP contribution in [0.1, 0.15) is 5.56 Å². The summed E-state index contributed by atoms with van der Waals surface area (Å²) in [5.41, 5.74) is 3.59. The van der Waals surface area contributed by atoms with Crippen LogP contribution in [0.2, 0.25) is 0 Å². The van der Waals surface area contributed by atoms with Gasteiger partial charge in [-0.1, -0.05) is 0 Å². The Kier molecular flexibility index (Phi) is 3.97. The van der Waals surface area contributed by atoms with Gasteiger partial charge in [-0.15, -0.1) is 0 Å². The van der Waals surface area contributed by atoms with E-state index in [1.165, 1.54) is 12.1 Å². The number of fused-ring (bicyclic) bond motifs is 1. The van der Waals surface area contributed by atoms with Gasteiger partial charge >= 0.3 is 0 Å². The average molecular weight is 341 g/mol. The number of aromatic nitrogens is 1. The van der Waals surface area contributed by atoms with Crippen molar-refractivity contribution in [1.29, 1.82) is 0 Å². The fourth-order valence-electron chi connectivity index (χ4n) is 3.16. The van der Waals surface area contributed by atoms with E-state index in [1.54, 1.807) is 18.5 Å². The second kappa shape index (κ2) is 6.29. The third kappa shape index (κ3) is 3.00. The molecule has 6 heteroatoms. The van der Waals surface area contributed by atoms with E-state index < -0.39 is 11.6 Å². The van der Waals surface area contributed by atoms with Gasteiger partial charge in [0.05, 0.1) is 6.20 Å². The topological polar surface area (TPSA) is 32.5 Å². The van der Waals surface area contributed by atoms with E-state index >= 15 is 0 Å². The van der Waals surface area contributed by atoms with Gasteiger partial charge in [-0.2, -0.15) is 0 Å². The molecule has 3 aromatic rings. The maximum atomic E-state index is 13.7. The standard InChI is InChI=1S/C19H17F2N3O/c1-23-7-8-24(15-3-4-16(20)17(21)11-15)18-5-2-13(10-14(18)12-23)19-22-6-9-25-19/h2-6,9-11H,7-8,12H2,1H3. The van der Waals surface area contributed by atoms with Crippen LogP contribution in [-0.4, -0.2) is 30.0 Å². The summed E-state index contributed by atoms with van der Waals surface area (Å²) in [6, 6.07) is 9.97. The highest BCUT2D eigenvalue weighted by atomic mass is 19.2. The van der Waals surface area contributed by atoms with Crippen molar-refractivity contribution in [3.05, 3.63) is 66.1 Å². The molecule has 1 aliphatic heterocycles. The number of anilines is 2. The van der Waals surface area contributed by atoms with Crippen LogP contribution in [0.25, 0.3) is 11.5 Å². The van der Waals surface area contributed by atoms with Crippen LogP contribution < -0.4 is 4.90 Å². The van der Waals surface area contributed by atoms with Crippen molar-refractivity contribution in [3.63, 3.8) is 0 Å². The largest absolute Gasteiger partial charge is 0.445 e. The second-order valence-corrected chi connectivity index (χ2v) is 6.17. The van der Waals surface area contributed by atoms with Crippen molar-refractivity contribution >= 4 is 11.4 Å². The van der Waals surface area contributed by atoms with E-state index in [0.29, 0.717) is 18.1 Å². The summed E-state index contributed by atoms with van der Waals surface area (Å²) in [7, 11) is 2.04. The van der Waals surface area contributed by atoms with Crippen LogP contribution in [0.5, 0.6) is 0 Å². The number of likely N-dealkylation sites (N-methyl/N-ethyl adjacent to an activating group) is 1. The minimum atomic E-state index is -0.840. The summed E-state index contributed by atoms with van der Waals surface area (Å²) in [4.78, 5) is 8.40. The van der Waals surface area contributed by atoms with Gasteiger partial charge in [0.25, 0.3) is 0 Å². The highest BCUT2D eigenvalue weighted by Crippen LogP contribution is 2.34. The van der Waals surface area contributed by atoms with Crippen LogP contribution in [0.4, 0.5) is 20.2 Å². The van der Waals surface area contributed by atoms with Gasteiger partial charge in [0.15, 0.2) is 11.6 Å². The van der Waals surface area contributed by atoms with E-state index in [-0.39, 0.29) is 0 Å². The molecular formula is C19H17F2N3O. The molecule has 0 aliphatic carbocycles. The van der Waals surface area contributed by atoms with E-state index in [2.05, 4.69) is 9.88 Å². The first-order valence-corrected chi connectivity index (χ1v) is 8.06. The molecule has 25 heavy (non-hydrogen) atoms. The molecular weight excluding hydrogens is 324 g/mol. The van der Waals surface area contributed by atoms with Crippen molar-refractivity contribution in [2.75, 3.05) is 25.0 Å². The Balaban J connectivity index is 1.79. The fraction of sp³-hybridized carbons (Fsp3) is 0.211. The molecule has 0 radical (unpaired) electrons. The molecule has 2 aromatic carbocycles. The molecule has 4 rings (SSSR count). The van der Waals surface area contributed by atoms with Gasteiger partial charge in [-0.3, -0.25) is 0 Å². The van der Waals surface area contributed by atoms with Gasteiger partial charge in [0, 0.05) is 42.6 Å². The number of halogens is 2. The molecule has 0 spiro atoms. The van der Waals surface area contributed by atoms with Crippen LogP contribution >= 0.6 is 0 Å². The molecule has 2 heterocycles. The summed E-state index contributed by atoms with van der Waals surface area (Å²) in [5, 5.41) is 0. The van der Waals surface area contributed by atoms with E-state index in [4.69, 9.17) is 4.42 Å². The molecule has 0 bridgehead atoms. The van der Waals surface area contributed by atoms with E-state index in [0.717, 1.165) is 29.9 Å². The number of hydrogen-bond donors (Lipinski definition) is 0. The first-order chi connectivity index (χ1) is 12.1. The number of hydrogen-bond acceptors (Lipinski definition) is 4. The Morgan fingerprint density at radius 1 is 1.04 bits per heavy atom. The Morgan fingerprint density at radius 3 is 2.68 bits per heavy atom. The summed E-state index contributed by atoms with van der Waals surface area (Å²) in [6.07, 6.45) is 3.15. The minimum Gasteiger partial charge on any atom is -0.445 e. The molecule has 0 saturated carbocycles. The van der Waals surface area contributed by atoms with Gasteiger partial charge in [-0.05, 0) is 42.9 Å². The van der Waals surface area contributed by atoms with Gasteiger partial charge < -0.3 is 14.2 Å². The highest BCUT2D eigenvalue weighted by molar-refractivity contribution is 5.71. The first-order valence-electron chi connectivity index (χ1n) is 8.06. The number of benzene rings is 2. The van der Waals surface area contributed by atoms with Crippen LogP contribution in [0.3, 0.4) is 0 Å². The lowest BCUT2D eigenvalue weighted by Gasteiger charge is -2.25. The van der Waals surface area contributed by atoms with Crippen LogP contribution in [0.15, 0.2) is 53.3 Å². The quantitative estimate of drug-likeness (QED) is 0.699. The number of rotatable bonds is 2. The van der Waals surface area contributed by atoms with Crippen molar-refractivity contribution in [1.82, 2.24) is 9.88 Å². The Labute approximate surface area is 144 Å². The predicted molar refractivity (Wildman–Crippen MR) is 91.6 cm³/mol. The normalized spacial score (nSPS) is 15.1. The Bertz CT molecular complexity index is 896. The molecule has 0 saturated heterocycles. The summed E-state index contributed by atoms with van der Waals surface area (Å²) >= 11 is 0. The molecule has 4 nitrogen and oxygen atoms in total. The zero-order chi connectivity index (χ0) is 17.4. The van der Waals surface area contributed by atoms with Gasteiger partial charge in [0.2, 0.25) is 5.89 Å². The molecule has 0 amide bonds. The van der Waals surface area contributed by atoms with Crippen molar-refractivity contribution < 1.29 is 13.2 Å². The molecule has 1 aromatic heterocycles. The van der Waals surface area contributed by atoms with E-state index in [9.17, 15) is 8.78 Å². The summed E-state index contributed by atoms with van der Waals surface area (Å²) in [6.45, 7) is 2.25. The summed E-state index contributed by atoms with van der Waals surface area (Å²) < 4.78 is 32.4. The lowest BCUT2D eigenvalue weighted by Crippen LogP contribution is -2.26. The molecule has 128 valence electrons. The molecule has 1 aliphatic rings. The lowest BCUT2D eigenvalue weighted by atomic mass is 10.1. The maximum absolute atomic E-state index is 13.7. The van der Waals surface area contributed by atoms with Crippen LogP contribution in [-0.2, 0) is 6.54 Å². The average Bonchev–Trinajstić information content (AvgIpc) is 3.08. The SMILES string of the molecule is CN1CCN(c2ccc(F)c(F)c2)c2ccc(-c3ncco3)cc2C1. The third-order valence-corrected chi connectivity index (χ3v) is 4.41. The predicted octanol–water partition coefficient (Wildman–Crippen LogP) is 4.20. The minimum absolute atomic E-state index is 0.564. The van der Waals surface area contributed by atoms with Crippen molar-refractivity contribution in [2.24, 2.45) is 0 Å². The fourth-order valence-corrected chi connectivity index (χ4v) is 3.16. The van der Waals surface area contributed by atoms with Crippen LogP contribution in [0, 0.1) is 11.6 Å². The maximum Gasteiger partial charge on any atom is 0.225 e. The molecule has 0 atom stereocenters. The molecule has 0 fully saturated rings. The monoisotopic (exact) mass is 341 g/mol. The Morgan fingerprint density at radius 2 is 1.92 bits per heavy atom. The van der Waals surface area contributed by atoms with E-state index in [1.807, 2.05) is 30.1 Å². The lowest BCUT2D eigenvalue weighted by molar-refractivity contribution is 0.343. The highest BCUT2D eigenvalue weighted by Gasteiger charge is 2.21.